The summed E-state index contributed by atoms with van der Waals surface area (Å²) >= 11 is 0. The number of rotatable bonds is 5. The Kier molecular flexibility index (Phi) is 4.85. The van der Waals surface area contributed by atoms with Crippen LogP contribution >= 0.6 is 0 Å². The third-order valence-electron chi connectivity index (χ3n) is 3.83. The SMILES string of the molecule is N#Cc1ccc(S(=O)(=O)N2CCC(OCc3ccncc3)C2)cn1. The van der Waals surface area contributed by atoms with Crippen molar-refractivity contribution in [3.05, 3.63) is 54.1 Å². The first-order valence-corrected chi connectivity index (χ1v) is 8.90. The molecule has 3 rings (SSSR count). The second kappa shape index (κ2) is 7.05. The molecule has 1 fully saturated rings. The summed E-state index contributed by atoms with van der Waals surface area (Å²) in [6.45, 7) is 1.15. The highest BCUT2D eigenvalue weighted by Crippen LogP contribution is 2.22. The Morgan fingerprint density at radius 1 is 1.29 bits per heavy atom. The minimum atomic E-state index is -3.61. The van der Waals surface area contributed by atoms with Gasteiger partial charge in [-0.05, 0) is 36.2 Å². The summed E-state index contributed by atoms with van der Waals surface area (Å²) in [6.07, 6.45) is 5.12. The zero-order chi connectivity index (χ0) is 17.0. The monoisotopic (exact) mass is 344 g/mol. The van der Waals surface area contributed by atoms with Crippen LogP contribution in [0.1, 0.15) is 17.7 Å². The van der Waals surface area contributed by atoms with E-state index in [4.69, 9.17) is 10.00 Å². The molecule has 0 aromatic carbocycles. The van der Waals surface area contributed by atoms with Crippen molar-refractivity contribution in [1.29, 1.82) is 5.26 Å². The van der Waals surface area contributed by atoms with Crippen LogP contribution in [0.3, 0.4) is 0 Å². The quantitative estimate of drug-likeness (QED) is 0.812. The van der Waals surface area contributed by atoms with Crippen molar-refractivity contribution >= 4 is 10.0 Å². The average molecular weight is 344 g/mol. The standard InChI is InChI=1S/C16H16N4O3S/c17-9-14-1-2-16(10-19-14)24(21,22)20-8-5-15(11-20)23-12-13-3-6-18-7-4-13/h1-4,6-7,10,15H,5,8,11-12H2. The van der Waals surface area contributed by atoms with E-state index in [9.17, 15) is 8.42 Å². The summed E-state index contributed by atoms with van der Waals surface area (Å²) < 4.78 is 32.4. The van der Waals surface area contributed by atoms with E-state index < -0.39 is 10.0 Å². The van der Waals surface area contributed by atoms with Crippen molar-refractivity contribution in [2.24, 2.45) is 0 Å². The lowest BCUT2D eigenvalue weighted by atomic mass is 10.3. The Hall–Kier alpha value is -2.34. The lowest BCUT2D eigenvalue weighted by Gasteiger charge is -2.16. The van der Waals surface area contributed by atoms with Crippen molar-refractivity contribution in [2.45, 2.75) is 24.0 Å². The van der Waals surface area contributed by atoms with Gasteiger partial charge in [-0.3, -0.25) is 4.98 Å². The van der Waals surface area contributed by atoms with Gasteiger partial charge in [0.05, 0.1) is 12.7 Å². The zero-order valence-corrected chi connectivity index (χ0v) is 13.7. The molecule has 124 valence electrons. The van der Waals surface area contributed by atoms with Crippen LogP contribution in [-0.4, -0.2) is 41.9 Å². The Labute approximate surface area is 140 Å². The van der Waals surface area contributed by atoms with Crippen molar-refractivity contribution in [3.8, 4) is 6.07 Å². The number of pyridine rings is 2. The first-order valence-electron chi connectivity index (χ1n) is 7.46. The van der Waals surface area contributed by atoms with Crippen molar-refractivity contribution in [2.75, 3.05) is 13.1 Å². The minimum absolute atomic E-state index is 0.0938. The van der Waals surface area contributed by atoms with Crippen LogP contribution in [0, 0.1) is 11.3 Å². The molecule has 0 saturated carbocycles. The molecule has 2 aromatic rings. The van der Waals surface area contributed by atoms with Gasteiger partial charge >= 0.3 is 0 Å². The van der Waals surface area contributed by atoms with Gasteiger partial charge in [0.15, 0.2) is 0 Å². The number of ether oxygens (including phenoxy) is 1. The normalized spacial score (nSPS) is 18.4. The molecule has 1 atom stereocenters. The van der Waals surface area contributed by atoms with Gasteiger partial charge in [-0.25, -0.2) is 13.4 Å². The lowest BCUT2D eigenvalue weighted by Crippen LogP contribution is -2.30. The predicted molar refractivity (Wildman–Crippen MR) is 85.1 cm³/mol. The highest BCUT2D eigenvalue weighted by molar-refractivity contribution is 7.89. The number of sulfonamides is 1. The van der Waals surface area contributed by atoms with Crippen LogP contribution in [0.25, 0.3) is 0 Å². The Morgan fingerprint density at radius 2 is 2.08 bits per heavy atom. The highest BCUT2D eigenvalue weighted by Gasteiger charge is 2.33. The third kappa shape index (κ3) is 3.59. The lowest BCUT2D eigenvalue weighted by molar-refractivity contribution is 0.0508. The van der Waals surface area contributed by atoms with Gasteiger partial charge < -0.3 is 4.74 Å². The van der Waals surface area contributed by atoms with Crippen LogP contribution < -0.4 is 0 Å². The number of aromatic nitrogens is 2. The second-order valence-corrected chi connectivity index (χ2v) is 7.37. The molecule has 0 spiro atoms. The van der Waals surface area contributed by atoms with Crippen molar-refractivity contribution in [1.82, 2.24) is 14.3 Å². The van der Waals surface area contributed by atoms with Crippen molar-refractivity contribution < 1.29 is 13.2 Å². The molecule has 0 aliphatic carbocycles. The molecule has 1 saturated heterocycles. The van der Waals surface area contributed by atoms with Gasteiger partial charge in [-0.2, -0.15) is 9.57 Å². The number of nitrogens with zero attached hydrogens (tertiary/aromatic N) is 4. The van der Waals surface area contributed by atoms with Crippen LogP contribution in [0.2, 0.25) is 0 Å². The molecule has 7 nitrogen and oxygen atoms in total. The summed E-state index contributed by atoms with van der Waals surface area (Å²) in [5.74, 6) is 0. The van der Waals surface area contributed by atoms with E-state index in [0.717, 1.165) is 5.56 Å². The summed E-state index contributed by atoms with van der Waals surface area (Å²) in [4.78, 5) is 7.87. The first-order chi connectivity index (χ1) is 11.6. The van der Waals surface area contributed by atoms with Crippen LogP contribution in [-0.2, 0) is 21.4 Å². The predicted octanol–water partition coefficient (Wildman–Crippen LogP) is 1.33. The molecule has 1 aliphatic heterocycles. The maximum Gasteiger partial charge on any atom is 0.244 e. The highest BCUT2D eigenvalue weighted by atomic mass is 32.2. The molecular formula is C16H16N4O3S. The van der Waals surface area contributed by atoms with E-state index in [2.05, 4.69) is 9.97 Å². The smallest absolute Gasteiger partial charge is 0.244 e. The summed E-state index contributed by atoms with van der Waals surface area (Å²) in [7, 11) is -3.61. The van der Waals surface area contributed by atoms with Gasteiger partial charge in [0, 0.05) is 31.7 Å². The van der Waals surface area contributed by atoms with E-state index in [0.29, 0.717) is 26.1 Å². The molecule has 2 aromatic heterocycles. The van der Waals surface area contributed by atoms with Crippen LogP contribution in [0.15, 0.2) is 47.8 Å². The summed E-state index contributed by atoms with van der Waals surface area (Å²) in [5, 5.41) is 8.74. The summed E-state index contributed by atoms with van der Waals surface area (Å²) in [5.41, 5.74) is 1.19. The largest absolute Gasteiger partial charge is 0.372 e. The minimum Gasteiger partial charge on any atom is -0.372 e. The van der Waals surface area contributed by atoms with E-state index >= 15 is 0 Å². The van der Waals surface area contributed by atoms with E-state index in [1.807, 2.05) is 18.2 Å². The Bertz CT molecular complexity index is 832. The van der Waals surface area contributed by atoms with Crippen LogP contribution in [0.4, 0.5) is 0 Å². The van der Waals surface area contributed by atoms with Gasteiger partial charge in [0.2, 0.25) is 10.0 Å². The Morgan fingerprint density at radius 3 is 2.75 bits per heavy atom. The zero-order valence-electron chi connectivity index (χ0n) is 12.9. The molecule has 0 bridgehead atoms. The molecule has 1 aliphatic rings. The summed E-state index contributed by atoms with van der Waals surface area (Å²) in [6, 6.07) is 8.42. The third-order valence-corrected chi connectivity index (χ3v) is 5.68. The Balaban J connectivity index is 1.62. The van der Waals surface area contributed by atoms with E-state index in [1.54, 1.807) is 12.4 Å². The fourth-order valence-corrected chi connectivity index (χ4v) is 3.93. The molecule has 1 unspecified atom stereocenters. The average Bonchev–Trinajstić information content (AvgIpc) is 3.11. The molecule has 0 radical (unpaired) electrons. The first kappa shape index (κ1) is 16.5. The van der Waals surface area contributed by atoms with Crippen LogP contribution in [0.5, 0.6) is 0 Å². The molecule has 0 amide bonds. The van der Waals surface area contributed by atoms with Gasteiger partial charge in [0.1, 0.15) is 16.7 Å². The molecule has 0 N–H and O–H groups in total. The fraction of sp³-hybridized carbons (Fsp3) is 0.312. The van der Waals surface area contributed by atoms with Gasteiger partial charge in [-0.15, -0.1) is 0 Å². The second-order valence-electron chi connectivity index (χ2n) is 5.43. The maximum absolute atomic E-state index is 12.6. The molecule has 3 heterocycles. The maximum atomic E-state index is 12.6. The topological polar surface area (TPSA) is 96.2 Å². The number of nitriles is 1. The number of hydrogen-bond donors (Lipinski definition) is 0. The van der Waals surface area contributed by atoms with Crippen molar-refractivity contribution in [3.63, 3.8) is 0 Å². The fourth-order valence-electron chi connectivity index (χ4n) is 2.49. The van der Waals surface area contributed by atoms with E-state index in [-0.39, 0.29) is 16.7 Å². The van der Waals surface area contributed by atoms with Gasteiger partial charge in [-0.1, -0.05) is 0 Å². The molecular weight excluding hydrogens is 328 g/mol. The van der Waals surface area contributed by atoms with E-state index in [1.165, 1.54) is 22.6 Å². The molecule has 24 heavy (non-hydrogen) atoms. The number of hydrogen-bond acceptors (Lipinski definition) is 6. The molecule has 8 heteroatoms. The van der Waals surface area contributed by atoms with Gasteiger partial charge in [0.25, 0.3) is 0 Å².